The van der Waals surface area contributed by atoms with Crippen molar-refractivity contribution in [3.05, 3.63) is 29.8 Å². The fourth-order valence-corrected chi connectivity index (χ4v) is 3.05. The third-order valence-electron chi connectivity index (χ3n) is 2.44. The average molecular weight is 331 g/mol. The maximum Gasteiger partial charge on any atom is 0.240 e. The number of rotatable bonds is 6. The van der Waals surface area contributed by atoms with Crippen molar-refractivity contribution in [1.82, 2.24) is 4.72 Å². The first-order valence-corrected chi connectivity index (χ1v) is 8.20. The number of alkyl halides is 1. The van der Waals surface area contributed by atoms with Gasteiger partial charge in [-0.05, 0) is 24.1 Å². The van der Waals surface area contributed by atoms with E-state index in [1.54, 1.807) is 12.1 Å². The largest absolute Gasteiger partial charge is 0.240 e. The molecule has 0 amide bonds. The molecule has 0 aliphatic carbocycles. The monoisotopic (exact) mass is 330 g/mol. The van der Waals surface area contributed by atoms with Crippen LogP contribution in [-0.4, -0.2) is 20.3 Å². The molecule has 1 aromatic rings. The number of nitrogens with zero attached hydrogens (tertiary/aromatic N) is 1. The minimum Gasteiger partial charge on any atom is -0.211 e. The molecule has 1 rings (SSSR count). The lowest BCUT2D eigenvalue weighted by atomic mass is 10.0. The predicted octanol–water partition coefficient (Wildman–Crippen LogP) is 2.38. The smallest absolute Gasteiger partial charge is 0.211 e. The lowest BCUT2D eigenvalue weighted by Gasteiger charge is -2.08. The summed E-state index contributed by atoms with van der Waals surface area (Å²) in [5.41, 5.74) is 0.809. The van der Waals surface area contributed by atoms with Crippen molar-refractivity contribution < 1.29 is 8.42 Å². The van der Waals surface area contributed by atoms with Gasteiger partial charge in [-0.3, -0.25) is 0 Å². The summed E-state index contributed by atoms with van der Waals surface area (Å²) in [6, 6.07) is 8.56. The summed E-state index contributed by atoms with van der Waals surface area (Å²) in [5, 5.41) is 9.45. The quantitative estimate of drug-likeness (QED) is 0.814. The molecule has 0 aliphatic heterocycles. The molecule has 1 unspecified atom stereocenters. The Morgan fingerprint density at radius 2 is 2.00 bits per heavy atom. The summed E-state index contributed by atoms with van der Waals surface area (Å²) in [5.74, 6) is -0.259. The highest BCUT2D eigenvalue weighted by atomic mass is 79.9. The van der Waals surface area contributed by atoms with Crippen LogP contribution in [0.15, 0.2) is 29.2 Å². The zero-order valence-electron chi connectivity index (χ0n) is 10.1. The fraction of sp³-hybridized carbons (Fsp3) is 0.417. The number of halogens is 1. The lowest BCUT2D eigenvalue weighted by molar-refractivity contribution is 0.581. The number of nitrogens with one attached hydrogen (secondary N) is 1. The number of hydrogen-bond donors (Lipinski definition) is 1. The number of hydrogen-bond acceptors (Lipinski definition) is 3. The minimum absolute atomic E-state index is 0.228. The van der Waals surface area contributed by atoms with E-state index in [0.29, 0.717) is 11.9 Å². The van der Waals surface area contributed by atoms with Gasteiger partial charge in [0.05, 0.1) is 16.9 Å². The molecule has 6 heteroatoms. The maximum atomic E-state index is 11.8. The highest BCUT2D eigenvalue weighted by molar-refractivity contribution is 9.09. The Kier molecular flexibility index (Phi) is 5.79. The van der Waals surface area contributed by atoms with E-state index < -0.39 is 10.0 Å². The van der Waals surface area contributed by atoms with E-state index in [9.17, 15) is 8.42 Å². The summed E-state index contributed by atoms with van der Waals surface area (Å²) in [6.45, 7) is 2.32. The van der Waals surface area contributed by atoms with Crippen molar-refractivity contribution in [3.8, 4) is 6.07 Å². The summed E-state index contributed by atoms with van der Waals surface area (Å²) < 4.78 is 26.2. The molecule has 0 aliphatic rings. The average Bonchev–Trinajstić information content (AvgIpc) is 2.38. The normalized spacial score (nSPS) is 12.9. The van der Waals surface area contributed by atoms with Crippen molar-refractivity contribution in [2.75, 3.05) is 11.9 Å². The Morgan fingerprint density at radius 3 is 2.44 bits per heavy atom. The Bertz CT molecular complexity index is 520. The zero-order chi connectivity index (χ0) is 13.6. The second kappa shape index (κ2) is 6.88. The van der Waals surface area contributed by atoms with Crippen LogP contribution in [-0.2, 0) is 10.0 Å². The van der Waals surface area contributed by atoms with Gasteiger partial charge < -0.3 is 0 Å². The van der Waals surface area contributed by atoms with Crippen LogP contribution in [0.1, 0.15) is 24.8 Å². The molecule has 0 fully saturated rings. The van der Waals surface area contributed by atoms with Crippen LogP contribution >= 0.6 is 15.9 Å². The van der Waals surface area contributed by atoms with Crippen LogP contribution in [0.5, 0.6) is 0 Å². The van der Waals surface area contributed by atoms with E-state index in [1.807, 2.05) is 6.92 Å². The topological polar surface area (TPSA) is 70.0 Å². The van der Waals surface area contributed by atoms with Crippen LogP contribution in [0.25, 0.3) is 0 Å². The molecular weight excluding hydrogens is 316 g/mol. The summed E-state index contributed by atoms with van der Waals surface area (Å²) in [6.07, 6.45) is 0.747. The maximum absolute atomic E-state index is 11.8. The van der Waals surface area contributed by atoms with Gasteiger partial charge in [-0.1, -0.05) is 35.0 Å². The summed E-state index contributed by atoms with van der Waals surface area (Å²) in [7, 11) is -3.42. The van der Waals surface area contributed by atoms with E-state index in [1.165, 1.54) is 12.1 Å². The van der Waals surface area contributed by atoms with Gasteiger partial charge in [-0.15, -0.1) is 0 Å². The third-order valence-corrected chi connectivity index (χ3v) is 4.57. The third kappa shape index (κ3) is 3.80. The van der Waals surface area contributed by atoms with Crippen molar-refractivity contribution in [3.63, 3.8) is 0 Å². The molecule has 0 bridgehead atoms. The van der Waals surface area contributed by atoms with Gasteiger partial charge in [-0.25, -0.2) is 13.1 Å². The molecule has 98 valence electrons. The van der Waals surface area contributed by atoms with Gasteiger partial charge in [0, 0.05) is 11.9 Å². The van der Waals surface area contributed by atoms with Gasteiger partial charge in [0.15, 0.2) is 0 Å². The van der Waals surface area contributed by atoms with E-state index in [-0.39, 0.29) is 10.8 Å². The number of sulfonamides is 1. The van der Waals surface area contributed by atoms with Crippen LogP contribution in [0.3, 0.4) is 0 Å². The van der Waals surface area contributed by atoms with Gasteiger partial charge >= 0.3 is 0 Å². The molecule has 0 radical (unpaired) electrons. The van der Waals surface area contributed by atoms with E-state index in [0.717, 1.165) is 12.0 Å². The van der Waals surface area contributed by atoms with Gasteiger partial charge in [0.1, 0.15) is 0 Å². The summed E-state index contributed by atoms with van der Waals surface area (Å²) >= 11 is 3.25. The molecule has 0 aromatic heterocycles. The van der Waals surface area contributed by atoms with Gasteiger partial charge in [-0.2, -0.15) is 5.26 Å². The van der Waals surface area contributed by atoms with Gasteiger partial charge in [0.25, 0.3) is 0 Å². The minimum atomic E-state index is -3.42. The van der Waals surface area contributed by atoms with Crippen LogP contribution in [0.4, 0.5) is 0 Å². The molecule has 4 nitrogen and oxygen atoms in total. The first-order valence-electron chi connectivity index (χ1n) is 5.60. The molecule has 1 aromatic carbocycles. The highest BCUT2D eigenvalue weighted by Crippen LogP contribution is 2.19. The second-order valence-electron chi connectivity index (χ2n) is 3.80. The molecule has 1 atom stereocenters. The van der Waals surface area contributed by atoms with Crippen LogP contribution in [0.2, 0.25) is 0 Å². The SMILES string of the molecule is CCCNS(=O)(=O)c1ccc(C(C#N)CBr)cc1. The summed E-state index contributed by atoms with van der Waals surface area (Å²) in [4.78, 5) is 0.228. The Hall–Kier alpha value is -0.900. The fourth-order valence-electron chi connectivity index (χ4n) is 1.40. The highest BCUT2D eigenvalue weighted by Gasteiger charge is 2.14. The van der Waals surface area contributed by atoms with E-state index >= 15 is 0 Å². The van der Waals surface area contributed by atoms with E-state index in [2.05, 4.69) is 26.7 Å². The molecule has 0 saturated carbocycles. The first-order chi connectivity index (χ1) is 8.55. The van der Waals surface area contributed by atoms with Crippen molar-refractivity contribution in [2.45, 2.75) is 24.2 Å². The first kappa shape index (κ1) is 15.2. The molecule has 0 saturated heterocycles. The Labute approximate surface area is 116 Å². The molecular formula is C12H15BrN2O2S. The molecule has 18 heavy (non-hydrogen) atoms. The molecule has 1 N–H and O–H groups in total. The molecule has 0 spiro atoms. The van der Waals surface area contributed by atoms with E-state index in [4.69, 9.17) is 5.26 Å². The Morgan fingerprint density at radius 1 is 1.39 bits per heavy atom. The number of benzene rings is 1. The van der Waals surface area contributed by atoms with Crippen molar-refractivity contribution in [1.29, 1.82) is 5.26 Å². The van der Waals surface area contributed by atoms with Crippen LogP contribution in [0, 0.1) is 11.3 Å². The standard InChI is InChI=1S/C12H15BrN2O2S/c1-2-7-15-18(16,17)12-5-3-10(4-6-12)11(8-13)9-14/h3-6,11,15H,2,7-8H2,1H3. The zero-order valence-corrected chi connectivity index (χ0v) is 12.5. The van der Waals surface area contributed by atoms with Crippen LogP contribution < -0.4 is 4.72 Å². The van der Waals surface area contributed by atoms with Crippen molar-refractivity contribution in [2.24, 2.45) is 0 Å². The Balaban J connectivity index is 2.93. The van der Waals surface area contributed by atoms with Crippen molar-refractivity contribution >= 4 is 26.0 Å². The van der Waals surface area contributed by atoms with Gasteiger partial charge in [0.2, 0.25) is 10.0 Å². The lowest BCUT2D eigenvalue weighted by Crippen LogP contribution is -2.24. The predicted molar refractivity (Wildman–Crippen MR) is 74.1 cm³/mol. The second-order valence-corrected chi connectivity index (χ2v) is 6.22. The molecule has 0 heterocycles. The number of nitriles is 1.